The predicted octanol–water partition coefficient (Wildman–Crippen LogP) is 1.61. The van der Waals surface area contributed by atoms with Crippen molar-refractivity contribution in [2.75, 3.05) is 26.2 Å². The maximum absolute atomic E-state index is 12.6. The number of carbonyl (C=O) groups excluding carboxylic acids is 1. The number of nitrogens with zero attached hydrogens (tertiary/aromatic N) is 3. The van der Waals surface area contributed by atoms with Gasteiger partial charge in [0.1, 0.15) is 6.10 Å². The molecule has 4 heterocycles. The summed E-state index contributed by atoms with van der Waals surface area (Å²) in [4.78, 5) is 24.6. The quantitative estimate of drug-likeness (QED) is 0.842. The fourth-order valence-electron chi connectivity index (χ4n) is 3.98. The van der Waals surface area contributed by atoms with Crippen LogP contribution in [-0.4, -0.2) is 59.3 Å². The van der Waals surface area contributed by atoms with Crippen LogP contribution in [0.5, 0.6) is 0 Å². The van der Waals surface area contributed by atoms with Crippen molar-refractivity contribution in [2.24, 2.45) is 5.92 Å². The molecule has 1 aromatic rings. The van der Waals surface area contributed by atoms with Crippen molar-refractivity contribution in [3.63, 3.8) is 0 Å². The summed E-state index contributed by atoms with van der Waals surface area (Å²) in [6, 6.07) is 4.08. The second-order valence-electron chi connectivity index (χ2n) is 7.02. The van der Waals surface area contributed by atoms with Crippen molar-refractivity contribution >= 4 is 5.91 Å². The molecule has 6 heteroatoms. The minimum atomic E-state index is -0.323. The summed E-state index contributed by atoms with van der Waals surface area (Å²) in [6.07, 6.45) is 7.54. The van der Waals surface area contributed by atoms with Crippen LogP contribution in [0.25, 0.3) is 0 Å². The number of hydrogen-bond donors (Lipinski definition) is 0. The van der Waals surface area contributed by atoms with Crippen molar-refractivity contribution in [2.45, 2.75) is 44.4 Å². The number of fused-ring (bicyclic) bond motifs is 1. The highest BCUT2D eigenvalue weighted by Crippen LogP contribution is 2.34. The van der Waals surface area contributed by atoms with E-state index in [-0.39, 0.29) is 18.1 Å². The fraction of sp³-hybridized carbons (Fsp3) is 0.667. The van der Waals surface area contributed by atoms with Crippen LogP contribution in [0.3, 0.4) is 0 Å². The third kappa shape index (κ3) is 3.45. The van der Waals surface area contributed by atoms with Crippen LogP contribution in [0.1, 0.15) is 31.2 Å². The van der Waals surface area contributed by atoms with Crippen LogP contribution in [0, 0.1) is 5.92 Å². The molecule has 3 atom stereocenters. The molecule has 0 saturated carbocycles. The summed E-state index contributed by atoms with van der Waals surface area (Å²) in [5.41, 5.74) is 1.23. The number of hydrogen-bond acceptors (Lipinski definition) is 5. The Balaban J connectivity index is 1.33. The molecule has 130 valence electrons. The molecule has 0 radical (unpaired) electrons. The number of likely N-dealkylation sites (tertiary alicyclic amines) is 1. The Bertz CT molecular complexity index is 562. The Morgan fingerprint density at radius 2 is 2.29 bits per heavy atom. The Labute approximate surface area is 142 Å². The van der Waals surface area contributed by atoms with Gasteiger partial charge in [-0.05, 0) is 49.8 Å². The summed E-state index contributed by atoms with van der Waals surface area (Å²) in [7, 11) is 0. The number of carbonyl (C=O) groups is 1. The average Bonchev–Trinajstić information content (AvgIpc) is 3.06. The smallest absolute Gasteiger partial charge is 0.275 e. The zero-order valence-electron chi connectivity index (χ0n) is 14.0. The lowest BCUT2D eigenvalue weighted by Crippen LogP contribution is -2.43. The van der Waals surface area contributed by atoms with E-state index in [0.29, 0.717) is 19.1 Å². The molecule has 0 aromatic carbocycles. The normalized spacial score (nSPS) is 31.0. The van der Waals surface area contributed by atoms with Crippen molar-refractivity contribution in [1.82, 2.24) is 14.9 Å². The summed E-state index contributed by atoms with van der Waals surface area (Å²) >= 11 is 0. The van der Waals surface area contributed by atoms with Gasteiger partial charge in [0.25, 0.3) is 5.91 Å². The zero-order valence-corrected chi connectivity index (χ0v) is 14.0. The topological polar surface area (TPSA) is 54.9 Å². The molecule has 0 aliphatic carbocycles. The van der Waals surface area contributed by atoms with E-state index in [2.05, 4.69) is 16.0 Å². The minimum absolute atomic E-state index is 0.0166. The van der Waals surface area contributed by atoms with Crippen LogP contribution in [0.15, 0.2) is 24.5 Å². The molecule has 24 heavy (non-hydrogen) atoms. The molecular formula is C18H25N3O3. The van der Waals surface area contributed by atoms with E-state index in [1.54, 1.807) is 6.20 Å². The maximum atomic E-state index is 12.6. The molecule has 6 nitrogen and oxygen atoms in total. The average molecular weight is 331 g/mol. The first-order valence-electron chi connectivity index (χ1n) is 9.00. The summed E-state index contributed by atoms with van der Waals surface area (Å²) in [5, 5.41) is 1.53. The summed E-state index contributed by atoms with van der Waals surface area (Å²) in [5.74, 6) is 0.511. The van der Waals surface area contributed by atoms with Crippen LogP contribution in [0.2, 0.25) is 0 Å². The number of aromatic nitrogens is 1. The number of rotatable bonds is 3. The molecule has 0 unspecified atom stereocenters. The van der Waals surface area contributed by atoms with Gasteiger partial charge in [-0.1, -0.05) is 6.07 Å². The predicted molar refractivity (Wildman–Crippen MR) is 87.8 cm³/mol. The highest BCUT2D eigenvalue weighted by Gasteiger charge is 2.43. The van der Waals surface area contributed by atoms with Crippen LogP contribution >= 0.6 is 0 Å². The third-order valence-electron chi connectivity index (χ3n) is 5.29. The van der Waals surface area contributed by atoms with Gasteiger partial charge in [-0.2, -0.15) is 0 Å². The lowest BCUT2D eigenvalue weighted by Gasteiger charge is -2.34. The van der Waals surface area contributed by atoms with Gasteiger partial charge in [0, 0.05) is 32.0 Å². The molecule has 1 aromatic heterocycles. The molecule has 3 aliphatic rings. The highest BCUT2D eigenvalue weighted by molar-refractivity contribution is 5.80. The Hall–Kier alpha value is -1.50. The minimum Gasteiger partial charge on any atom is -0.363 e. The van der Waals surface area contributed by atoms with Gasteiger partial charge in [0.2, 0.25) is 0 Å². The third-order valence-corrected chi connectivity index (χ3v) is 5.29. The first-order valence-corrected chi connectivity index (χ1v) is 9.00. The standard InChI is InChI=1S/C18H25N3O3/c22-18(21-7-1-2-9-23-21)16-10-15-5-8-20(13-17(15)24-16)12-14-4-3-6-19-11-14/h3-4,6,11,15-17H,1-2,5,7-10,12-13H2/t15-,16-,17+/m0/s1. The summed E-state index contributed by atoms with van der Waals surface area (Å²) in [6.45, 7) is 4.18. The Kier molecular flexibility index (Phi) is 4.78. The number of piperidine rings is 1. The van der Waals surface area contributed by atoms with Crippen molar-refractivity contribution in [1.29, 1.82) is 0 Å². The van der Waals surface area contributed by atoms with E-state index >= 15 is 0 Å². The molecular weight excluding hydrogens is 306 g/mol. The molecule has 0 spiro atoms. The van der Waals surface area contributed by atoms with Gasteiger partial charge in [0.05, 0.1) is 12.7 Å². The van der Waals surface area contributed by atoms with Gasteiger partial charge in [-0.25, -0.2) is 5.06 Å². The lowest BCUT2D eigenvalue weighted by atomic mass is 9.91. The summed E-state index contributed by atoms with van der Waals surface area (Å²) < 4.78 is 6.12. The van der Waals surface area contributed by atoms with Gasteiger partial charge in [-0.3, -0.25) is 19.5 Å². The Morgan fingerprint density at radius 3 is 3.08 bits per heavy atom. The second kappa shape index (κ2) is 7.17. The molecule has 3 fully saturated rings. The lowest BCUT2D eigenvalue weighted by molar-refractivity contribution is -0.206. The largest absolute Gasteiger partial charge is 0.363 e. The van der Waals surface area contributed by atoms with E-state index < -0.39 is 0 Å². The number of hydroxylamine groups is 2. The van der Waals surface area contributed by atoms with E-state index in [0.717, 1.165) is 45.3 Å². The van der Waals surface area contributed by atoms with Crippen molar-refractivity contribution < 1.29 is 14.4 Å². The van der Waals surface area contributed by atoms with Crippen LogP contribution < -0.4 is 0 Å². The van der Waals surface area contributed by atoms with E-state index in [9.17, 15) is 4.79 Å². The van der Waals surface area contributed by atoms with Gasteiger partial charge < -0.3 is 4.74 Å². The fourth-order valence-corrected chi connectivity index (χ4v) is 3.98. The monoisotopic (exact) mass is 331 g/mol. The second-order valence-corrected chi connectivity index (χ2v) is 7.02. The van der Waals surface area contributed by atoms with E-state index in [4.69, 9.17) is 9.57 Å². The van der Waals surface area contributed by atoms with Gasteiger partial charge in [0.15, 0.2) is 0 Å². The molecule has 4 rings (SSSR count). The molecule has 1 amide bonds. The number of ether oxygens (including phenoxy) is 1. The molecule has 0 N–H and O–H groups in total. The first-order chi connectivity index (χ1) is 11.8. The maximum Gasteiger partial charge on any atom is 0.275 e. The van der Waals surface area contributed by atoms with Gasteiger partial charge >= 0.3 is 0 Å². The molecule has 3 saturated heterocycles. The molecule has 0 bridgehead atoms. The van der Waals surface area contributed by atoms with Crippen molar-refractivity contribution in [3.05, 3.63) is 30.1 Å². The Morgan fingerprint density at radius 1 is 1.33 bits per heavy atom. The first kappa shape index (κ1) is 16.0. The van der Waals surface area contributed by atoms with E-state index in [1.807, 2.05) is 12.3 Å². The van der Waals surface area contributed by atoms with Crippen LogP contribution in [0.4, 0.5) is 0 Å². The highest BCUT2D eigenvalue weighted by atomic mass is 16.7. The zero-order chi connectivity index (χ0) is 16.4. The van der Waals surface area contributed by atoms with Gasteiger partial charge in [-0.15, -0.1) is 0 Å². The number of amides is 1. The van der Waals surface area contributed by atoms with Crippen molar-refractivity contribution in [3.8, 4) is 0 Å². The van der Waals surface area contributed by atoms with E-state index in [1.165, 1.54) is 10.6 Å². The SMILES string of the molecule is O=C([C@@H]1C[C@@H]2CCN(Cc3cccnc3)C[C@H]2O1)N1CCCCO1. The molecule has 3 aliphatic heterocycles. The van der Waals surface area contributed by atoms with Crippen LogP contribution in [-0.2, 0) is 20.9 Å². The number of pyridine rings is 1.